The fourth-order valence-electron chi connectivity index (χ4n) is 1.33. The number of rotatable bonds is 6. The molecular formula is C13H13ClN2O2. The average Bonchev–Trinajstić information content (AvgIpc) is 2.42. The first kappa shape index (κ1) is 12.8. The number of nitrogens with zero attached hydrogens (tertiary/aromatic N) is 2. The first-order chi connectivity index (χ1) is 8.84. The second-order valence-electron chi connectivity index (χ2n) is 3.56. The number of hydrogen-bond acceptors (Lipinski definition) is 4. The molecule has 0 fully saturated rings. The molecule has 18 heavy (non-hydrogen) atoms. The van der Waals surface area contributed by atoms with Gasteiger partial charge in [0.05, 0.1) is 18.9 Å². The van der Waals surface area contributed by atoms with E-state index in [9.17, 15) is 0 Å². The van der Waals surface area contributed by atoms with Gasteiger partial charge in [-0.1, -0.05) is 29.8 Å². The lowest BCUT2D eigenvalue weighted by Crippen LogP contribution is -2.07. The topological polar surface area (TPSA) is 44.2 Å². The smallest absolute Gasteiger partial charge is 0.151 e. The molecular weight excluding hydrogens is 252 g/mol. The van der Waals surface area contributed by atoms with Crippen molar-refractivity contribution in [3.8, 4) is 5.75 Å². The minimum atomic E-state index is 0.381. The molecule has 1 aromatic heterocycles. The summed E-state index contributed by atoms with van der Waals surface area (Å²) in [5, 5.41) is 8.00. The van der Waals surface area contributed by atoms with Crippen LogP contribution in [-0.2, 0) is 11.3 Å². The van der Waals surface area contributed by atoms with Crippen LogP contribution >= 0.6 is 11.6 Å². The van der Waals surface area contributed by atoms with Crippen molar-refractivity contribution in [1.29, 1.82) is 0 Å². The molecule has 0 saturated carbocycles. The van der Waals surface area contributed by atoms with Gasteiger partial charge in [0, 0.05) is 0 Å². The lowest BCUT2D eigenvalue weighted by Gasteiger charge is -2.06. The predicted molar refractivity (Wildman–Crippen MR) is 68.6 cm³/mol. The number of ether oxygens (including phenoxy) is 2. The van der Waals surface area contributed by atoms with Crippen molar-refractivity contribution in [1.82, 2.24) is 10.2 Å². The van der Waals surface area contributed by atoms with Crippen molar-refractivity contribution in [2.45, 2.75) is 6.61 Å². The molecule has 0 N–H and O–H groups in total. The molecule has 0 unspecified atom stereocenters. The largest absolute Gasteiger partial charge is 0.491 e. The van der Waals surface area contributed by atoms with Gasteiger partial charge in [-0.3, -0.25) is 0 Å². The Kier molecular flexibility index (Phi) is 4.93. The average molecular weight is 265 g/mol. The first-order valence-corrected chi connectivity index (χ1v) is 5.96. The zero-order chi connectivity index (χ0) is 12.6. The highest BCUT2D eigenvalue weighted by Crippen LogP contribution is 2.08. The molecule has 0 atom stereocenters. The van der Waals surface area contributed by atoms with Crippen LogP contribution in [0.1, 0.15) is 5.69 Å². The van der Waals surface area contributed by atoms with Gasteiger partial charge in [-0.2, -0.15) is 5.10 Å². The van der Waals surface area contributed by atoms with Crippen LogP contribution in [0.3, 0.4) is 0 Å². The van der Waals surface area contributed by atoms with Crippen LogP contribution in [0.15, 0.2) is 42.5 Å². The number of benzene rings is 1. The molecule has 0 radical (unpaired) electrons. The Hall–Kier alpha value is -1.65. The van der Waals surface area contributed by atoms with E-state index in [0.29, 0.717) is 25.0 Å². The van der Waals surface area contributed by atoms with Gasteiger partial charge in [0.15, 0.2) is 5.15 Å². The monoisotopic (exact) mass is 264 g/mol. The van der Waals surface area contributed by atoms with Crippen LogP contribution < -0.4 is 4.74 Å². The normalized spacial score (nSPS) is 10.3. The van der Waals surface area contributed by atoms with Crippen LogP contribution in [0.5, 0.6) is 5.75 Å². The lowest BCUT2D eigenvalue weighted by molar-refractivity contribution is 0.0865. The van der Waals surface area contributed by atoms with Gasteiger partial charge in [-0.05, 0) is 24.3 Å². The van der Waals surface area contributed by atoms with Crippen molar-refractivity contribution in [2.24, 2.45) is 0 Å². The van der Waals surface area contributed by atoms with E-state index in [1.807, 2.05) is 30.3 Å². The second-order valence-corrected chi connectivity index (χ2v) is 3.95. The van der Waals surface area contributed by atoms with Gasteiger partial charge < -0.3 is 9.47 Å². The maximum absolute atomic E-state index is 5.63. The lowest BCUT2D eigenvalue weighted by atomic mass is 10.3. The van der Waals surface area contributed by atoms with Gasteiger partial charge in [0.1, 0.15) is 12.4 Å². The third-order valence-electron chi connectivity index (χ3n) is 2.18. The fraction of sp³-hybridized carbons (Fsp3) is 0.231. The highest BCUT2D eigenvalue weighted by molar-refractivity contribution is 6.29. The summed E-state index contributed by atoms with van der Waals surface area (Å²) in [7, 11) is 0. The second kappa shape index (κ2) is 6.93. The number of para-hydroxylation sites is 1. The molecule has 2 aromatic rings. The van der Waals surface area contributed by atoms with Crippen molar-refractivity contribution in [3.05, 3.63) is 53.3 Å². The van der Waals surface area contributed by atoms with Crippen LogP contribution in [0, 0.1) is 0 Å². The quantitative estimate of drug-likeness (QED) is 0.753. The molecule has 5 heteroatoms. The maximum Gasteiger partial charge on any atom is 0.151 e. The van der Waals surface area contributed by atoms with E-state index in [2.05, 4.69) is 10.2 Å². The zero-order valence-electron chi connectivity index (χ0n) is 9.75. The zero-order valence-corrected chi connectivity index (χ0v) is 10.5. The van der Waals surface area contributed by atoms with Crippen LogP contribution in [0.4, 0.5) is 0 Å². The van der Waals surface area contributed by atoms with Crippen molar-refractivity contribution in [3.63, 3.8) is 0 Å². The minimum Gasteiger partial charge on any atom is -0.491 e. The molecule has 0 aliphatic heterocycles. The van der Waals surface area contributed by atoms with E-state index < -0.39 is 0 Å². The number of aromatic nitrogens is 2. The molecule has 1 heterocycles. The number of halogens is 1. The van der Waals surface area contributed by atoms with Gasteiger partial charge in [-0.15, -0.1) is 5.10 Å². The summed E-state index contributed by atoms with van der Waals surface area (Å²) in [5.74, 6) is 0.840. The van der Waals surface area contributed by atoms with Crippen LogP contribution in [0.25, 0.3) is 0 Å². The standard InChI is InChI=1S/C13H13ClN2O2/c14-13-7-6-11(15-16-13)10-17-8-9-18-12-4-2-1-3-5-12/h1-7H,8-10H2. The van der Waals surface area contributed by atoms with Gasteiger partial charge in [0.25, 0.3) is 0 Å². The van der Waals surface area contributed by atoms with Crippen molar-refractivity contribution in [2.75, 3.05) is 13.2 Å². The molecule has 0 amide bonds. The first-order valence-electron chi connectivity index (χ1n) is 5.58. The molecule has 4 nitrogen and oxygen atoms in total. The Morgan fingerprint density at radius 3 is 2.50 bits per heavy atom. The molecule has 2 rings (SSSR count). The molecule has 0 aliphatic rings. The Morgan fingerprint density at radius 2 is 1.78 bits per heavy atom. The van der Waals surface area contributed by atoms with E-state index in [1.54, 1.807) is 12.1 Å². The number of hydrogen-bond donors (Lipinski definition) is 0. The van der Waals surface area contributed by atoms with Crippen LogP contribution in [-0.4, -0.2) is 23.4 Å². The van der Waals surface area contributed by atoms with Gasteiger partial charge >= 0.3 is 0 Å². The highest BCUT2D eigenvalue weighted by Gasteiger charge is 1.97. The summed E-state index contributed by atoms with van der Waals surface area (Å²) in [6.45, 7) is 1.41. The van der Waals surface area contributed by atoms with Crippen LogP contribution in [0.2, 0.25) is 5.15 Å². The Bertz CT molecular complexity index is 462. The summed E-state index contributed by atoms with van der Waals surface area (Å²) in [6.07, 6.45) is 0. The van der Waals surface area contributed by atoms with Gasteiger partial charge in [0.2, 0.25) is 0 Å². The van der Waals surface area contributed by atoms with Crippen molar-refractivity contribution < 1.29 is 9.47 Å². The van der Waals surface area contributed by atoms with E-state index >= 15 is 0 Å². The van der Waals surface area contributed by atoms with Crippen molar-refractivity contribution >= 4 is 11.6 Å². The minimum absolute atomic E-state index is 0.381. The molecule has 0 saturated heterocycles. The van der Waals surface area contributed by atoms with Gasteiger partial charge in [-0.25, -0.2) is 0 Å². The Morgan fingerprint density at radius 1 is 0.944 bits per heavy atom. The SMILES string of the molecule is Clc1ccc(COCCOc2ccccc2)nn1. The molecule has 1 aromatic carbocycles. The van der Waals surface area contributed by atoms with E-state index in [0.717, 1.165) is 11.4 Å². The summed E-state index contributed by atoms with van der Waals surface area (Å²) < 4.78 is 10.9. The molecule has 0 aliphatic carbocycles. The Labute approximate surface area is 111 Å². The summed E-state index contributed by atoms with van der Waals surface area (Å²) in [5.41, 5.74) is 0.749. The third-order valence-corrected chi connectivity index (χ3v) is 2.38. The summed E-state index contributed by atoms with van der Waals surface area (Å²) >= 11 is 5.63. The molecule has 0 bridgehead atoms. The Balaban J connectivity index is 1.63. The third kappa shape index (κ3) is 4.31. The summed E-state index contributed by atoms with van der Waals surface area (Å²) in [6, 6.07) is 13.1. The van der Waals surface area contributed by atoms with E-state index in [4.69, 9.17) is 21.1 Å². The fourth-order valence-corrected chi connectivity index (χ4v) is 1.43. The molecule has 94 valence electrons. The maximum atomic E-state index is 5.63. The van der Waals surface area contributed by atoms with E-state index in [1.165, 1.54) is 0 Å². The summed E-state index contributed by atoms with van der Waals surface area (Å²) in [4.78, 5) is 0. The predicted octanol–water partition coefficient (Wildman–Crippen LogP) is 2.73. The van der Waals surface area contributed by atoms with E-state index in [-0.39, 0.29) is 0 Å². The highest BCUT2D eigenvalue weighted by atomic mass is 35.5. The molecule has 0 spiro atoms.